The second kappa shape index (κ2) is 3.43. The van der Waals surface area contributed by atoms with E-state index in [2.05, 4.69) is 4.99 Å². The molecule has 0 rings (SSSR count). The third-order valence-corrected chi connectivity index (χ3v) is 2.51. The van der Waals surface area contributed by atoms with Gasteiger partial charge in [0.05, 0.1) is 5.54 Å². The molecule has 2 N–H and O–H groups in total. The summed E-state index contributed by atoms with van der Waals surface area (Å²) in [7, 11) is -3.32. The van der Waals surface area contributed by atoms with Crippen molar-refractivity contribution in [2.75, 3.05) is 6.26 Å². The highest BCUT2D eigenvalue weighted by Gasteiger charge is 2.17. The molecule has 0 heterocycles. The Morgan fingerprint density at radius 2 is 1.92 bits per heavy atom. The Labute approximate surface area is 73.8 Å². The highest BCUT2D eigenvalue weighted by atomic mass is 32.2. The van der Waals surface area contributed by atoms with Gasteiger partial charge in [-0.2, -0.15) is 0 Å². The number of amidine groups is 1. The maximum atomic E-state index is 10.9. The first-order valence-electron chi connectivity index (χ1n) is 3.74. The second-order valence-corrected chi connectivity index (χ2v) is 5.35. The average Bonchev–Trinajstić information content (AvgIpc) is 1.85. The summed E-state index contributed by atoms with van der Waals surface area (Å²) in [6.45, 7) is 5.61. The summed E-state index contributed by atoms with van der Waals surface area (Å²) in [6.07, 6.45) is 1.81. The van der Waals surface area contributed by atoms with Crippen LogP contribution in [0.25, 0.3) is 0 Å². The van der Waals surface area contributed by atoms with Crippen molar-refractivity contribution in [3.05, 3.63) is 0 Å². The monoisotopic (exact) mass is 192 g/mol. The lowest BCUT2D eigenvalue weighted by Crippen LogP contribution is -2.28. The van der Waals surface area contributed by atoms with Gasteiger partial charge in [0.2, 0.25) is 15.0 Å². The summed E-state index contributed by atoms with van der Waals surface area (Å²) in [5.41, 5.74) is 4.88. The molecule has 0 fully saturated rings. The van der Waals surface area contributed by atoms with Crippen LogP contribution >= 0.6 is 0 Å². The molecule has 0 unspecified atom stereocenters. The lowest BCUT2D eigenvalue weighted by atomic mass is 10.0. The van der Waals surface area contributed by atoms with Gasteiger partial charge in [-0.05, 0) is 20.3 Å². The molecule has 12 heavy (non-hydrogen) atoms. The number of rotatable bonds is 2. The van der Waals surface area contributed by atoms with Crippen LogP contribution in [0.3, 0.4) is 0 Å². The molecule has 4 nitrogen and oxygen atoms in total. The minimum Gasteiger partial charge on any atom is -0.374 e. The van der Waals surface area contributed by atoms with Crippen molar-refractivity contribution in [1.82, 2.24) is 0 Å². The van der Waals surface area contributed by atoms with Crippen LogP contribution in [0.4, 0.5) is 0 Å². The van der Waals surface area contributed by atoms with Crippen molar-refractivity contribution in [3.63, 3.8) is 0 Å². The largest absolute Gasteiger partial charge is 0.374 e. The zero-order valence-electron chi connectivity index (χ0n) is 7.96. The molecular formula is C7H16N2O2S. The fourth-order valence-electron chi connectivity index (χ4n) is 0.460. The molecule has 0 aliphatic rings. The first-order valence-corrected chi connectivity index (χ1v) is 5.63. The third-order valence-electron chi connectivity index (χ3n) is 1.66. The Kier molecular flexibility index (Phi) is 3.26. The molecule has 0 aliphatic carbocycles. The quantitative estimate of drug-likeness (QED) is 0.512. The summed E-state index contributed by atoms with van der Waals surface area (Å²) >= 11 is 0. The predicted octanol–water partition coefficient (Wildman–Crippen LogP) is 0.534. The van der Waals surface area contributed by atoms with Crippen LogP contribution in [0.1, 0.15) is 27.2 Å². The second-order valence-electron chi connectivity index (χ2n) is 3.39. The fourth-order valence-corrected chi connectivity index (χ4v) is 0.873. The van der Waals surface area contributed by atoms with E-state index >= 15 is 0 Å². The number of nitrogens with two attached hydrogens (primary N) is 1. The number of sulfone groups is 1. The topological polar surface area (TPSA) is 72.5 Å². The fraction of sp³-hybridized carbons (Fsp3) is 0.857. The van der Waals surface area contributed by atoms with Gasteiger partial charge < -0.3 is 5.73 Å². The van der Waals surface area contributed by atoms with Gasteiger partial charge >= 0.3 is 0 Å². The first-order chi connectivity index (χ1) is 5.19. The van der Waals surface area contributed by atoms with Crippen molar-refractivity contribution in [2.45, 2.75) is 32.7 Å². The van der Waals surface area contributed by atoms with Crippen molar-refractivity contribution in [3.8, 4) is 0 Å². The Balaban J connectivity index is 4.82. The van der Waals surface area contributed by atoms with Gasteiger partial charge in [-0.15, -0.1) is 0 Å². The minimum atomic E-state index is -3.32. The van der Waals surface area contributed by atoms with E-state index in [0.29, 0.717) is 0 Å². The van der Waals surface area contributed by atoms with E-state index < -0.39 is 15.4 Å². The molecule has 0 aromatic carbocycles. The van der Waals surface area contributed by atoms with E-state index in [-0.39, 0.29) is 5.17 Å². The summed E-state index contributed by atoms with van der Waals surface area (Å²) in [4.78, 5) is 3.91. The molecular weight excluding hydrogens is 176 g/mol. The van der Waals surface area contributed by atoms with Crippen molar-refractivity contribution in [2.24, 2.45) is 10.7 Å². The average molecular weight is 192 g/mol. The SMILES string of the molecule is CCC(C)(C)/N=C(\N)S(C)(=O)=O. The molecule has 0 bridgehead atoms. The van der Waals surface area contributed by atoms with Crippen LogP contribution in [-0.2, 0) is 9.84 Å². The van der Waals surface area contributed by atoms with E-state index in [0.717, 1.165) is 12.7 Å². The first kappa shape index (κ1) is 11.4. The van der Waals surface area contributed by atoms with Crippen molar-refractivity contribution >= 4 is 15.0 Å². The molecule has 0 saturated carbocycles. The van der Waals surface area contributed by atoms with Gasteiger partial charge in [-0.25, -0.2) is 8.42 Å². The standard InChI is InChI=1S/C7H16N2O2S/c1-5-7(2,3)9-6(8)12(4,10)11/h5H2,1-4H3,(H2,8,9). The van der Waals surface area contributed by atoms with Crippen LogP contribution in [0.5, 0.6) is 0 Å². The minimum absolute atomic E-state index is 0.283. The number of aliphatic imine (C=N–C) groups is 1. The molecule has 0 radical (unpaired) electrons. The zero-order valence-corrected chi connectivity index (χ0v) is 8.77. The number of nitrogens with zero attached hydrogens (tertiary/aromatic N) is 1. The van der Waals surface area contributed by atoms with Gasteiger partial charge in [-0.3, -0.25) is 4.99 Å². The van der Waals surface area contributed by atoms with Gasteiger partial charge in [0.15, 0.2) is 0 Å². The molecule has 72 valence electrons. The Morgan fingerprint density at radius 1 is 1.50 bits per heavy atom. The lowest BCUT2D eigenvalue weighted by Gasteiger charge is -2.17. The molecule has 0 aromatic rings. The molecule has 0 spiro atoms. The van der Waals surface area contributed by atoms with E-state index in [9.17, 15) is 8.42 Å². The van der Waals surface area contributed by atoms with E-state index in [1.807, 2.05) is 20.8 Å². The highest BCUT2D eigenvalue weighted by Crippen LogP contribution is 2.13. The van der Waals surface area contributed by atoms with E-state index in [1.54, 1.807) is 0 Å². The van der Waals surface area contributed by atoms with Gasteiger partial charge in [0.1, 0.15) is 0 Å². The normalized spacial score (nSPS) is 14.8. The third kappa shape index (κ3) is 3.71. The number of hydrogen-bond donors (Lipinski definition) is 1. The zero-order chi connectivity index (χ0) is 9.99. The summed E-state index contributed by atoms with van der Waals surface area (Å²) in [5, 5.41) is -0.283. The van der Waals surface area contributed by atoms with Crippen LogP contribution in [0.15, 0.2) is 4.99 Å². The van der Waals surface area contributed by atoms with Crippen LogP contribution in [0.2, 0.25) is 0 Å². The molecule has 5 heteroatoms. The lowest BCUT2D eigenvalue weighted by molar-refractivity contribution is 0.505. The smallest absolute Gasteiger partial charge is 0.213 e. The number of hydrogen-bond acceptors (Lipinski definition) is 3. The van der Waals surface area contributed by atoms with Crippen molar-refractivity contribution in [1.29, 1.82) is 0 Å². The molecule has 0 aromatic heterocycles. The van der Waals surface area contributed by atoms with Crippen molar-refractivity contribution < 1.29 is 8.42 Å². The van der Waals surface area contributed by atoms with Crippen LogP contribution in [0, 0.1) is 0 Å². The van der Waals surface area contributed by atoms with Crippen LogP contribution in [-0.4, -0.2) is 25.4 Å². The van der Waals surface area contributed by atoms with Gasteiger partial charge in [-0.1, -0.05) is 6.92 Å². The summed E-state index contributed by atoms with van der Waals surface area (Å²) < 4.78 is 21.7. The summed E-state index contributed by atoms with van der Waals surface area (Å²) in [5.74, 6) is 0. The predicted molar refractivity (Wildman–Crippen MR) is 50.8 cm³/mol. The highest BCUT2D eigenvalue weighted by molar-refractivity contribution is 8.05. The Bertz CT molecular complexity index is 278. The van der Waals surface area contributed by atoms with Gasteiger partial charge in [0.25, 0.3) is 0 Å². The molecule has 0 atom stereocenters. The summed E-state index contributed by atoms with van der Waals surface area (Å²) in [6, 6.07) is 0. The van der Waals surface area contributed by atoms with E-state index in [1.165, 1.54) is 0 Å². The molecule has 0 aliphatic heterocycles. The Morgan fingerprint density at radius 3 is 2.17 bits per heavy atom. The van der Waals surface area contributed by atoms with Crippen LogP contribution < -0.4 is 5.73 Å². The maximum Gasteiger partial charge on any atom is 0.213 e. The molecule has 0 saturated heterocycles. The van der Waals surface area contributed by atoms with Gasteiger partial charge in [0, 0.05) is 6.26 Å². The van der Waals surface area contributed by atoms with E-state index in [4.69, 9.17) is 5.73 Å². The maximum absolute atomic E-state index is 10.9. The Hall–Kier alpha value is -0.580. The molecule has 0 amide bonds.